The van der Waals surface area contributed by atoms with Crippen LogP contribution >= 0.6 is 11.6 Å². The highest BCUT2D eigenvalue weighted by Gasteiger charge is 2.18. The molecule has 0 bridgehead atoms. The zero-order valence-corrected chi connectivity index (χ0v) is 19.7. The minimum Gasteiger partial charge on any atom is -0.341 e. The molecular weight excluding hydrogens is 467 g/mol. The third kappa shape index (κ3) is 5.26. The van der Waals surface area contributed by atoms with Gasteiger partial charge in [0, 0.05) is 43.1 Å². The molecular formula is C26H20ClFN6O. The Morgan fingerprint density at radius 2 is 1.83 bits per heavy atom. The molecule has 0 spiro atoms. The van der Waals surface area contributed by atoms with Crippen molar-refractivity contribution in [1.82, 2.24) is 24.1 Å². The molecule has 0 fully saturated rings. The summed E-state index contributed by atoms with van der Waals surface area (Å²) in [6.07, 6.45) is 3.93. The second-order valence-electron chi connectivity index (χ2n) is 7.72. The molecule has 0 aliphatic heterocycles. The minimum absolute atomic E-state index is 0.205. The third-order valence-electron chi connectivity index (χ3n) is 5.31. The van der Waals surface area contributed by atoms with Gasteiger partial charge in [-0.1, -0.05) is 29.8 Å². The maximum atomic E-state index is 15.1. The van der Waals surface area contributed by atoms with E-state index >= 15 is 4.39 Å². The fourth-order valence-corrected chi connectivity index (χ4v) is 3.58. The lowest BCUT2D eigenvalue weighted by atomic mass is 10.1. The fourth-order valence-electron chi connectivity index (χ4n) is 3.45. The van der Waals surface area contributed by atoms with E-state index in [2.05, 4.69) is 15.0 Å². The Hall–Kier alpha value is -4.35. The molecule has 0 radical (unpaired) electrons. The Morgan fingerprint density at radius 1 is 1.06 bits per heavy atom. The second-order valence-corrected chi connectivity index (χ2v) is 8.16. The molecule has 0 saturated carbocycles. The van der Waals surface area contributed by atoms with Crippen molar-refractivity contribution in [1.29, 1.82) is 5.26 Å². The third-order valence-corrected chi connectivity index (χ3v) is 5.56. The monoisotopic (exact) mass is 486 g/mol. The summed E-state index contributed by atoms with van der Waals surface area (Å²) in [5.41, 5.74) is 2.46. The van der Waals surface area contributed by atoms with Crippen molar-refractivity contribution in [3.05, 3.63) is 112 Å². The van der Waals surface area contributed by atoms with Crippen LogP contribution < -0.4 is 5.56 Å². The zero-order valence-electron chi connectivity index (χ0n) is 18.9. The Kier molecular flexibility index (Phi) is 6.99. The van der Waals surface area contributed by atoms with Crippen molar-refractivity contribution >= 4 is 22.6 Å². The van der Waals surface area contributed by atoms with Crippen LogP contribution in [0.25, 0.3) is 22.3 Å². The Balaban J connectivity index is 0.000000421. The summed E-state index contributed by atoms with van der Waals surface area (Å²) in [5.74, 6) is 0. The molecule has 0 saturated heterocycles. The molecule has 5 rings (SSSR count). The van der Waals surface area contributed by atoms with E-state index in [1.54, 1.807) is 74.2 Å². The molecule has 35 heavy (non-hydrogen) atoms. The number of pyridine rings is 3. The Morgan fingerprint density at radius 3 is 2.46 bits per heavy atom. The van der Waals surface area contributed by atoms with Gasteiger partial charge in [0.2, 0.25) is 0 Å². The molecule has 0 aliphatic carbocycles. The van der Waals surface area contributed by atoms with Gasteiger partial charge in [-0.3, -0.25) is 4.79 Å². The van der Waals surface area contributed by atoms with Crippen LogP contribution in [0.5, 0.6) is 0 Å². The molecule has 0 N–H and O–H groups in total. The predicted molar refractivity (Wildman–Crippen MR) is 133 cm³/mol. The van der Waals surface area contributed by atoms with Crippen molar-refractivity contribution in [2.75, 3.05) is 0 Å². The molecule has 9 heteroatoms. The lowest BCUT2D eigenvalue weighted by Crippen LogP contribution is -2.17. The summed E-state index contributed by atoms with van der Waals surface area (Å²) >= 11 is 5.89. The number of benzene rings is 1. The largest absolute Gasteiger partial charge is 0.341 e. The first-order valence-corrected chi connectivity index (χ1v) is 10.9. The van der Waals surface area contributed by atoms with Crippen molar-refractivity contribution < 1.29 is 4.39 Å². The van der Waals surface area contributed by atoms with E-state index in [0.717, 1.165) is 0 Å². The number of aryl methyl sites for hydroxylation is 2. The number of nitrogens with zero attached hydrogens (tertiary/aromatic N) is 6. The SMILES string of the molecule is Cn1c(=O)cc(-c2cccc(C#N)n2)c2nc(C(F)c3ccc(Cl)cc3)ccc21.Cn1ccnc1. The highest BCUT2D eigenvalue weighted by Crippen LogP contribution is 2.30. The summed E-state index contributed by atoms with van der Waals surface area (Å²) in [4.78, 5) is 25.0. The van der Waals surface area contributed by atoms with Gasteiger partial charge in [0.25, 0.3) is 5.56 Å². The van der Waals surface area contributed by atoms with Gasteiger partial charge in [0.1, 0.15) is 11.8 Å². The van der Waals surface area contributed by atoms with Crippen LogP contribution in [-0.2, 0) is 14.1 Å². The molecule has 5 aromatic rings. The molecule has 4 heterocycles. The Labute approximate surface area is 205 Å². The maximum absolute atomic E-state index is 15.1. The molecule has 174 valence electrons. The smallest absolute Gasteiger partial charge is 0.251 e. The van der Waals surface area contributed by atoms with Crippen LogP contribution in [-0.4, -0.2) is 24.1 Å². The second kappa shape index (κ2) is 10.3. The van der Waals surface area contributed by atoms with Crippen LogP contribution in [0.3, 0.4) is 0 Å². The summed E-state index contributed by atoms with van der Waals surface area (Å²) in [6.45, 7) is 0. The normalized spacial score (nSPS) is 11.4. The predicted octanol–water partition coefficient (Wildman–Crippen LogP) is 5.00. The minimum atomic E-state index is -1.46. The highest BCUT2D eigenvalue weighted by molar-refractivity contribution is 6.30. The van der Waals surface area contributed by atoms with E-state index in [0.29, 0.717) is 32.9 Å². The highest BCUT2D eigenvalue weighted by atomic mass is 35.5. The standard InChI is InChI=1S/C22H14ClFN4O.C4H6N2/c1-28-19-10-9-18(21(24)13-5-7-14(23)8-6-13)27-22(19)16(11-20(28)29)17-4-2-3-15(12-25)26-17;1-6-3-2-5-4-6/h2-11,21H,1H3;2-4H,1H3. The molecule has 1 atom stereocenters. The van der Waals surface area contributed by atoms with Gasteiger partial charge in [-0.05, 0) is 42.0 Å². The first kappa shape index (κ1) is 23.8. The summed E-state index contributed by atoms with van der Waals surface area (Å²) in [5, 5.41) is 9.65. The van der Waals surface area contributed by atoms with Gasteiger partial charge in [0.05, 0.1) is 28.7 Å². The van der Waals surface area contributed by atoms with Crippen molar-refractivity contribution in [3.63, 3.8) is 0 Å². The number of hydrogen-bond acceptors (Lipinski definition) is 5. The number of alkyl halides is 1. The van der Waals surface area contributed by atoms with E-state index in [1.807, 2.05) is 23.9 Å². The number of rotatable bonds is 3. The molecule has 1 unspecified atom stereocenters. The average Bonchev–Trinajstić information content (AvgIpc) is 3.37. The summed E-state index contributed by atoms with van der Waals surface area (Å²) in [7, 11) is 3.56. The zero-order chi connectivity index (χ0) is 24.9. The number of imidazole rings is 1. The first-order chi connectivity index (χ1) is 16.9. The lowest BCUT2D eigenvalue weighted by molar-refractivity contribution is 0.394. The van der Waals surface area contributed by atoms with Gasteiger partial charge in [-0.25, -0.2) is 19.3 Å². The number of hydrogen-bond donors (Lipinski definition) is 0. The quantitative estimate of drug-likeness (QED) is 0.358. The average molecular weight is 487 g/mol. The van der Waals surface area contributed by atoms with Gasteiger partial charge in [-0.15, -0.1) is 0 Å². The number of aromatic nitrogens is 5. The molecule has 4 aromatic heterocycles. The molecule has 7 nitrogen and oxygen atoms in total. The fraction of sp³-hybridized carbons (Fsp3) is 0.115. The topological polar surface area (TPSA) is 89.4 Å². The van der Waals surface area contributed by atoms with Gasteiger partial charge >= 0.3 is 0 Å². The van der Waals surface area contributed by atoms with E-state index in [4.69, 9.17) is 16.9 Å². The number of halogens is 2. The first-order valence-electron chi connectivity index (χ1n) is 10.6. The number of fused-ring (bicyclic) bond motifs is 1. The lowest BCUT2D eigenvalue weighted by Gasteiger charge is -2.13. The van der Waals surface area contributed by atoms with Crippen molar-refractivity contribution in [2.24, 2.45) is 14.1 Å². The van der Waals surface area contributed by atoms with Gasteiger partial charge in [0.15, 0.2) is 6.17 Å². The summed E-state index contributed by atoms with van der Waals surface area (Å²) in [6, 6.07) is 18.0. The van der Waals surface area contributed by atoms with Gasteiger partial charge < -0.3 is 9.13 Å². The van der Waals surface area contributed by atoms with Crippen LogP contribution in [0.2, 0.25) is 5.02 Å². The van der Waals surface area contributed by atoms with E-state index in [9.17, 15) is 4.79 Å². The van der Waals surface area contributed by atoms with Crippen molar-refractivity contribution in [2.45, 2.75) is 6.17 Å². The van der Waals surface area contributed by atoms with Gasteiger partial charge in [-0.2, -0.15) is 5.26 Å². The molecule has 0 aliphatic rings. The molecule has 1 aromatic carbocycles. The summed E-state index contributed by atoms with van der Waals surface area (Å²) < 4.78 is 18.5. The van der Waals surface area contributed by atoms with Crippen LogP contribution in [0.15, 0.2) is 84.2 Å². The van der Waals surface area contributed by atoms with E-state index in [-0.39, 0.29) is 16.9 Å². The van der Waals surface area contributed by atoms with E-state index < -0.39 is 6.17 Å². The van der Waals surface area contributed by atoms with Crippen LogP contribution in [0.4, 0.5) is 4.39 Å². The van der Waals surface area contributed by atoms with E-state index in [1.165, 1.54) is 10.6 Å². The Bertz CT molecular complexity index is 1570. The maximum Gasteiger partial charge on any atom is 0.251 e. The van der Waals surface area contributed by atoms with Crippen LogP contribution in [0.1, 0.15) is 23.1 Å². The van der Waals surface area contributed by atoms with Crippen LogP contribution in [0, 0.1) is 11.3 Å². The number of nitriles is 1. The molecule has 0 amide bonds. The van der Waals surface area contributed by atoms with Crippen molar-refractivity contribution in [3.8, 4) is 17.3 Å².